The van der Waals surface area contributed by atoms with E-state index in [1.165, 1.54) is 0 Å². The second kappa shape index (κ2) is 3.74. The monoisotopic (exact) mass is 266 g/mol. The fourth-order valence-electron chi connectivity index (χ4n) is 5.69. The fraction of sp³-hybridized carbons (Fsp3) is 0.867. The van der Waals surface area contributed by atoms with E-state index in [9.17, 15) is 19.8 Å². The Morgan fingerprint density at radius 3 is 2.47 bits per heavy atom. The first-order valence-corrected chi connectivity index (χ1v) is 7.27. The van der Waals surface area contributed by atoms with Crippen LogP contribution in [0.15, 0.2) is 0 Å². The van der Waals surface area contributed by atoms with Gasteiger partial charge in [0.05, 0.1) is 11.3 Å². The minimum Gasteiger partial charge on any atom is -0.481 e. The largest absolute Gasteiger partial charge is 0.481 e. The Labute approximate surface area is 113 Å². The van der Waals surface area contributed by atoms with Crippen molar-refractivity contribution in [3.05, 3.63) is 0 Å². The van der Waals surface area contributed by atoms with Crippen molar-refractivity contribution in [3.8, 4) is 0 Å². The summed E-state index contributed by atoms with van der Waals surface area (Å²) in [5.74, 6) is -0.843. The van der Waals surface area contributed by atoms with Gasteiger partial charge in [0, 0.05) is 0 Å². The number of carbonyl (C=O) groups is 2. The predicted molar refractivity (Wildman–Crippen MR) is 68.5 cm³/mol. The quantitative estimate of drug-likeness (QED) is 0.805. The first-order valence-electron chi connectivity index (χ1n) is 7.27. The minimum absolute atomic E-state index is 0.0177. The lowest BCUT2D eigenvalue weighted by molar-refractivity contribution is -0.149. The number of hydrogen-bond acceptors (Lipinski definition) is 2. The van der Waals surface area contributed by atoms with Crippen LogP contribution in [0.1, 0.15) is 46.0 Å². The highest BCUT2D eigenvalue weighted by Gasteiger charge is 2.68. The van der Waals surface area contributed by atoms with Crippen LogP contribution in [0.2, 0.25) is 0 Å². The van der Waals surface area contributed by atoms with Crippen LogP contribution in [-0.2, 0) is 9.59 Å². The molecule has 106 valence electrons. The number of hydrogen-bond donors (Lipinski definition) is 2. The lowest BCUT2D eigenvalue weighted by atomic mass is 9.68. The first-order chi connectivity index (χ1) is 8.81. The minimum atomic E-state index is -0.752. The Hall–Kier alpha value is -1.06. The van der Waals surface area contributed by atoms with Crippen molar-refractivity contribution in [2.75, 3.05) is 0 Å². The van der Waals surface area contributed by atoms with Crippen molar-refractivity contribution in [1.82, 2.24) is 0 Å². The Morgan fingerprint density at radius 2 is 1.89 bits per heavy atom. The van der Waals surface area contributed by atoms with Gasteiger partial charge in [-0.25, -0.2) is 0 Å². The second-order valence-corrected chi connectivity index (χ2v) is 7.32. The van der Waals surface area contributed by atoms with Gasteiger partial charge in [-0.3, -0.25) is 9.59 Å². The fourth-order valence-corrected chi connectivity index (χ4v) is 5.69. The molecule has 4 nitrogen and oxygen atoms in total. The normalized spacial score (nSPS) is 51.9. The van der Waals surface area contributed by atoms with Gasteiger partial charge in [0.15, 0.2) is 0 Å². The Bertz CT molecular complexity index is 445. The maximum atomic E-state index is 11.6. The molecule has 2 N–H and O–H groups in total. The lowest BCUT2D eigenvalue weighted by Crippen LogP contribution is -2.33. The zero-order valence-electron chi connectivity index (χ0n) is 11.6. The molecule has 0 aliphatic heterocycles. The van der Waals surface area contributed by atoms with E-state index in [0.717, 1.165) is 19.3 Å². The molecule has 0 unspecified atom stereocenters. The number of carboxylic acid groups (broad SMARTS) is 2. The van der Waals surface area contributed by atoms with Crippen LogP contribution in [0.25, 0.3) is 0 Å². The number of rotatable bonds is 2. The molecule has 19 heavy (non-hydrogen) atoms. The Balaban J connectivity index is 2.03. The Kier molecular flexibility index (Phi) is 2.55. The molecular weight excluding hydrogens is 244 g/mol. The van der Waals surface area contributed by atoms with Gasteiger partial charge in [-0.15, -0.1) is 0 Å². The van der Waals surface area contributed by atoms with Crippen molar-refractivity contribution in [1.29, 1.82) is 0 Å². The SMILES string of the molecule is C[C@@H]1CC[C@H]2C[C@@H](C(=O)O)[C@@H]3C[C@](C)(C(=O)O)C[C@@]213. The van der Waals surface area contributed by atoms with Crippen LogP contribution in [0.4, 0.5) is 0 Å². The summed E-state index contributed by atoms with van der Waals surface area (Å²) in [5.41, 5.74) is -0.744. The van der Waals surface area contributed by atoms with E-state index in [2.05, 4.69) is 6.92 Å². The van der Waals surface area contributed by atoms with E-state index < -0.39 is 17.4 Å². The van der Waals surface area contributed by atoms with Crippen molar-refractivity contribution in [3.63, 3.8) is 0 Å². The molecule has 3 aliphatic carbocycles. The van der Waals surface area contributed by atoms with Crippen LogP contribution < -0.4 is 0 Å². The molecule has 3 aliphatic rings. The summed E-state index contributed by atoms with van der Waals surface area (Å²) in [4.78, 5) is 23.1. The summed E-state index contributed by atoms with van der Waals surface area (Å²) < 4.78 is 0. The molecular formula is C15H22O4. The van der Waals surface area contributed by atoms with Crippen LogP contribution in [0.5, 0.6) is 0 Å². The van der Waals surface area contributed by atoms with E-state index in [-0.39, 0.29) is 17.3 Å². The van der Waals surface area contributed by atoms with Gasteiger partial charge in [0.1, 0.15) is 0 Å². The lowest BCUT2D eigenvalue weighted by Gasteiger charge is -2.36. The van der Waals surface area contributed by atoms with Gasteiger partial charge < -0.3 is 10.2 Å². The predicted octanol–water partition coefficient (Wildman–Crippen LogP) is 2.62. The average Bonchev–Trinajstić information content (AvgIpc) is 2.87. The van der Waals surface area contributed by atoms with Gasteiger partial charge in [0.2, 0.25) is 0 Å². The maximum Gasteiger partial charge on any atom is 0.309 e. The Morgan fingerprint density at radius 1 is 1.21 bits per heavy atom. The molecule has 3 saturated carbocycles. The number of aliphatic carboxylic acids is 2. The zero-order chi connectivity index (χ0) is 14.0. The van der Waals surface area contributed by atoms with E-state index >= 15 is 0 Å². The summed E-state index contributed by atoms with van der Waals surface area (Å²) >= 11 is 0. The van der Waals surface area contributed by atoms with Gasteiger partial charge >= 0.3 is 11.9 Å². The topological polar surface area (TPSA) is 74.6 Å². The summed E-state index contributed by atoms with van der Waals surface area (Å²) in [6.45, 7) is 4.01. The highest BCUT2D eigenvalue weighted by atomic mass is 16.4. The molecule has 3 rings (SSSR count). The zero-order valence-corrected chi connectivity index (χ0v) is 11.6. The van der Waals surface area contributed by atoms with Crippen molar-refractivity contribution in [2.24, 2.45) is 34.5 Å². The maximum absolute atomic E-state index is 11.6. The third-order valence-corrected chi connectivity index (χ3v) is 6.54. The van der Waals surface area contributed by atoms with Crippen molar-refractivity contribution >= 4 is 11.9 Å². The average molecular weight is 266 g/mol. The standard InChI is InChI=1S/C15H22O4/c1-8-3-4-9-5-10(12(16)17)11-6-14(2,13(18)19)7-15(8,9)11/h8-11H,3-7H2,1-2H3,(H,16,17)(H,18,19)/t8-,9+,10-,11+,14+,15+/m1/s1. The van der Waals surface area contributed by atoms with Gasteiger partial charge in [-0.05, 0) is 62.2 Å². The van der Waals surface area contributed by atoms with Gasteiger partial charge in [0.25, 0.3) is 0 Å². The summed E-state index contributed by atoms with van der Waals surface area (Å²) in [7, 11) is 0. The molecule has 0 amide bonds. The third-order valence-electron chi connectivity index (χ3n) is 6.54. The molecule has 0 aromatic carbocycles. The van der Waals surface area contributed by atoms with Crippen LogP contribution in [0, 0.1) is 34.5 Å². The molecule has 0 aromatic heterocycles. The number of carboxylic acids is 2. The molecule has 3 fully saturated rings. The molecule has 1 spiro atoms. The highest BCUT2D eigenvalue weighted by Crippen LogP contribution is 2.72. The molecule has 0 radical (unpaired) electrons. The van der Waals surface area contributed by atoms with Crippen LogP contribution >= 0.6 is 0 Å². The van der Waals surface area contributed by atoms with Crippen LogP contribution in [-0.4, -0.2) is 22.2 Å². The second-order valence-electron chi connectivity index (χ2n) is 7.32. The van der Waals surface area contributed by atoms with Crippen molar-refractivity contribution < 1.29 is 19.8 Å². The highest BCUT2D eigenvalue weighted by molar-refractivity contribution is 5.76. The van der Waals surface area contributed by atoms with E-state index in [1.54, 1.807) is 0 Å². The summed E-state index contributed by atoms with van der Waals surface area (Å²) in [5, 5.41) is 19.0. The molecule has 0 bridgehead atoms. The summed E-state index contributed by atoms with van der Waals surface area (Å²) in [6.07, 6.45) is 4.19. The summed E-state index contributed by atoms with van der Waals surface area (Å²) in [6, 6.07) is 0. The molecule has 0 heterocycles. The van der Waals surface area contributed by atoms with E-state index in [1.807, 2.05) is 6.92 Å². The van der Waals surface area contributed by atoms with Crippen molar-refractivity contribution in [2.45, 2.75) is 46.0 Å². The molecule has 0 aromatic rings. The van der Waals surface area contributed by atoms with Gasteiger partial charge in [-0.2, -0.15) is 0 Å². The van der Waals surface area contributed by atoms with Gasteiger partial charge in [-0.1, -0.05) is 6.92 Å². The van der Waals surface area contributed by atoms with Crippen LogP contribution in [0.3, 0.4) is 0 Å². The molecule has 6 atom stereocenters. The smallest absolute Gasteiger partial charge is 0.309 e. The van der Waals surface area contributed by atoms with E-state index in [0.29, 0.717) is 24.7 Å². The molecule has 0 saturated heterocycles. The molecule has 4 heteroatoms. The first kappa shape index (κ1) is 12.9. The van der Waals surface area contributed by atoms with E-state index in [4.69, 9.17) is 0 Å². The third kappa shape index (κ3) is 1.46.